The number of rotatable bonds is 8. The van der Waals surface area contributed by atoms with Crippen molar-refractivity contribution in [1.82, 2.24) is 15.6 Å². The molecule has 3 N–H and O–H groups in total. The van der Waals surface area contributed by atoms with Gasteiger partial charge in [0, 0.05) is 31.3 Å². The lowest BCUT2D eigenvalue weighted by atomic mass is 10.2. The van der Waals surface area contributed by atoms with E-state index < -0.39 is 0 Å². The fourth-order valence-electron chi connectivity index (χ4n) is 2.70. The van der Waals surface area contributed by atoms with E-state index in [0.29, 0.717) is 43.0 Å². The highest BCUT2D eigenvalue weighted by Crippen LogP contribution is 2.18. The van der Waals surface area contributed by atoms with Crippen molar-refractivity contribution in [2.45, 2.75) is 13.5 Å². The molecule has 9 heteroatoms. The molecule has 1 heterocycles. The molecule has 0 saturated heterocycles. The molecule has 3 aromatic rings. The zero-order valence-corrected chi connectivity index (χ0v) is 19.8. The number of aliphatic imine (C=N–C) groups is 1. The average molecular weight is 535 g/mol. The Balaban J connectivity index is 0.00000341. The van der Waals surface area contributed by atoms with Crippen LogP contribution in [0.25, 0.3) is 11.5 Å². The van der Waals surface area contributed by atoms with Crippen molar-refractivity contribution >= 4 is 41.5 Å². The topological polar surface area (TPSA) is 101 Å². The van der Waals surface area contributed by atoms with Crippen molar-refractivity contribution in [2.75, 3.05) is 25.5 Å². The normalized spacial score (nSPS) is 10.7. The van der Waals surface area contributed by atoms with Gasteiger partial charge in [-0.3, -0.25) is 9.79 Å². The van der Waals surface area contributed by atoms with E-state index in [1.165, 1.54) is 6.92 Å². The summed E-state index contributed by atoms with van der Waals surface area (Å²) >= 11 is 0. The van der Waals surface area contributed by atoms with Gasteiger partial charge in [0.1, 0.15) is 18.6 Å². The summed E-state index contributed by atoms with van der Waals surface area (Å²) in [6.45, 7) is 2.94. The molecule has 0 spiro atoms. The highest BCUT2D eigenvalue weighted by Gasteiger charge is 2.07. The second-order valence-electron chi connectivity index (χ2n) is 6.42. The fraction of sp³-hybridized carbons (Fsp3) is 0.227. The summed E-state index contributed by atoms with van der Waals surface area (Å²) in [6, 6.07) is 17.0. The van der Waals surface area contributed by atoms with Crippen molar-refractivity contribution in [3.05, 3.63) is 66.6 Å². The van der Waals surface area contributed by atoms with Crippen molar-refractivity contribution in [1.29, 1.82) is 0 Å². The van der Waals surface area contributed by atoms with E-state index in [1.54, 1.807) is 19.4 Å². The Bertz CT molecular complexity index is 992. The molecule has 31 heavy (non-hydrogen) atoms. The van der Waals surface area contributed by atoms with Gasteiger partial charge < -0.3 is 25.1 Å². The van der Waals surface area contributed by atoms with Crippen LogP contribution in [0.3, 0.4) is 0 Å². The van der Waals surface area contributed by atoms with Crippen LogP contribution >= 0.6 is 24.0 Å². The number of hydrogen-bond acceptors (Lipinski definition) is 5. The van der Waals surface area contributed by atoms with Crippen molar-refractivity contribution in [3.8, 4) is 17.2 Å². The zero-order valence-electron chi connectivity index (χ0n) is 17.4. The van der Waals surface area contributed by atoms with Crippen molar-refractivity contribution < 1.29 is 13.9 Å². The number of oxazole rings is 1. The lowest BCUT2D eigenvalue weighted by Crippen LogP contribution is -2.38. The van der Waals surface area contributed by atoms with Gasteiger partial charge in [-0.25, -0.2) is 4.98 Å². The van der Waals surface area contributed by atoms with E-state index in [2.05, 4.69) is 25.9 Å². The molecule has 0 aliphatic heterocycles. The quantitative estimate of drug-likeness (QED) is 0.176. The Morgan fingerprint density at radius 1 is 1.13 bits per heavy atom. The largest absolute Gasteiger partial charge is 0.492 e. The minimum Gasteiger partial charge on any atom is -0.492 e. The monoisotopic (exact) mass is 535 g/mol. The molecule has 0 bridgehead atoms. The molecule has 1 amide bonds. The molecule has 0 aliphatic carbocycles. The summed E-state index contributed by atoms with van der Waals surface area (Å²) in [5.41, 5.74) is 2.42. The summed E-state index contributed by atoms with van der Waals surface area (Å²) in [7, 11) is 1.70. The number of nitrogens with zero attached hydrogens (tertiary/aromatic N) is 2. The predicted octanol–water partition coefficient (Wildman–Crippen LogP) is 3.66. The molecule has 0 aliphatic rings. The van der Waals surface area contributed by atoms with E-state index in [0.717, 1.165) is 11.3 Å². The molecule has 0 saturated carbocycles. The van der Waals surface area contributed by atoms with Crippen LogP contribution in [-0.2, 0) is 11.3 Å². The predicted molar refractivity (Wildman–Crippen MR) is 132 cm³/mol. The molecule has 0 radical (unpaired) electrons. The van der Waals surface area contributed by atoms with Gasteiger partial charge in [0.2, 0.25) is 11.8 Å². The maximum absolute atomic E-state index is 11.1. The highest BCUT2D eigenvalue weighted by atomic mass is 127. The lowest BCUT2D eigenvalue weighted by Gasteiger charge is -2.12. The summed E-state index contributed by atoms with van der Waals surface area (Å²) in [6.07, 6.45) is 1.63. The Hall–Kier alpha value is -3.08. The van der Waals surface area contributed by atoms with Crippen molar-refractivity contribution in [2.24, 2.45) is 4.99 Å². The number of aromatic nitrogens is 1. The minimum atomic E-state index is -0.119. The lowest BCUT2D eigenvalue weighted by molar-refractivity contribution is -0.114. The van der Waals surface area contributed by atoms with Gasteiger partial charge in [0.25, 0.3) is 0 Å². The number of amides is 1. The second kappa shape index (κ2) is 12.6. The third kappa shape index (κ3) is 7.93. The van der Waals surface area contributed by atoms with Gasteiger partial charge in [-0.1, -0.05) is 24.3 Å². The van der Waals surface area contributed by atoms with E-state index >= 15 is 0 Å². The number of carbonyl (C=O) groups excluding carboxylic acids is 1. The SMILES string of the molecule is CN=C(NCCOc1cccc(NC(C)=O)c1)NCc1coc(-c2ccccc2)n1.I. The van der Waals surface area contributed by atoms with Gasteiger partial charge in [0.15, 0.2) is 5.96 Å². The standard InChI is InChI=1S/C22H25N5O3.HI/c1-16(28)26-18-9-6-10-20(13-18)29-12-11-24-22(23-2)25-14-19-15-30-21(27-19)17-7-4-3-5-8-17;/h3-10,13,15H,11-12,14H2,1-2H3,(H,26,28)(H2,23,24,25);1H. The van der Waals surface area contributed by atoms with Crippen LogP contribution in [0.4, 0.5) is 5.69 Å². The highest BCUT2D eigenvalue weighted by molar-refractivity contribution is 14.0. The minimum absolute atomic E-state index is 0. The summed E-state index contributed by atoms with van der Waals surface area (Å²) in [5.74, 6) is 1.79. The molecule has 0 fully saturated rings. The van der Waals surface area contributed by atoms with E-state index in [4.69, 9.17) is 9.15 Å². The Kier molecular flexibility index (Phi) is 9.82. The van der Waals surface area contributed by atoms with E-state index in [1.807, 2.05) is 48.5 Å². The number of benzene rings is 2. The molecule has 0 unspecified atom stereocenters. The number of halogens is 1. The first-order valence-corrected chi connectivity index (χ1v) is 9.59. The van der Waals surface area contributed by atoms with Crippen LogP contribution in [0.2, 0.25) is 0 Å². The van der Waals surface area contributed by atoms with Crippen LogP contribution < -0.4 is 20.7 Å². The number of guanidine groups is 1. The Morgan fingerprint density at radius 3 is 2.68 bits per heavy atom. The molecule has 164 valence electrons. The van der Waals surface area contributed by atoms with Crippen LogP contribution in [0, 0.1) is 0 Å². The van der Waals surface area contributed by atoms with Gasteiger partial charge in [-0.2, -0.15) is 0 Å². The van der Waals surface area contributed by atoms with Crippen LogP contribution in [0.5, 0.6) is 5.75 Å². The second-order valence-corrected chi connectivity index (χ2v) is 6.42. The number of hydrogen-bond donors (Lipinski definition) is 3. The third-order valence-corrected chi connectivity index (χ3v) is 4.05. The average Bonchev–Trinajstić information content (AvgIpc) is 3.23. The molecule has 8 nitrogen and oxygen atoms in total. The molecular formula is C22H26IN5O3. The maximum Gasteiger partial charge on any atom is 0.226 e. The Labute approximate surface area is 198 Å². The molecule has 0 atom stereocenters. The third-order valence-electron chi connectivity index (χ3n) is 4.05. The Morgan fingerprint density at radius 2 is 1.94 bits per heavy atom. The van der Waals surface area contributed by atoms with E-state index in [9.17, 15) is 4.79 Å². The van der Waals surface area contributed by atoms with Crippen LogP contribution in [0.1, 0.15) is 12.6 Å². The zero-order chi connectivity index (χ0) is 21.2. The van der Waals surface area contributed by atoms with Gasteiger partial charge in [0.05, 0.1) is 18.8 Å². The van der Waals surface area contributed by atoms with Crippen LogP contribution in [-0.4, -0.2) is 37.1 Å². The van der Waals surface area contributed by atoms with Gasteiger partial charge in [-0.05, 0) is 24.3 Å². The fourth-order valence-corrected chi connectivity index (χ4v) is 2.70. The summed E-state index contributed by atoms with van der Waals surface area (Å²) < 4.78 is 11.3. The van der Waals surface area contributed by atoms with Crippen molar-refractivity contribution in [3.63, 3.8) is 0 Å². The first-order valence-electron chi connectivity index (χ1n) is 9.59. The summed E-state index contributed by atoms with van der Waals surface area (Å²) in [4.78, 5) is 19.8. The smallest absolute Gasteiger partial charge is 0.226 e. The molecule has 3 rings (SSSR count). The summed E-state index contributed by atoms with van der Waals surface area (Å²) in [5, 5.41) is 9.10. The van der Waals surface area contributed by atoms with E-state index in [-0.39, 0.29) is 29.9 Å². The first-order chi connectivity index (χ1) is 14.6. The molecule has 2 aromatic carbocycles. The molecular weight excluding hydrogens is 509 g/mol. The first kappa shape index (κ1) is 24.2. The number of ether oxygens (including phenoxy) is 1. The number of anilines is 1. The number of nitrogens with one attached hydrogen (secondary N) is 3. The van der Waals surface area contributed by atoms with Gasteiger partial charge in [-0.15, -0.1) is 24.0 Å². The van der Waals surface area contributed by atoms with Gasteiger partial charge >= 0.3 is 0 Å². The maximum atomic E-state index is 11.1. The number of carbonyl (C=O) groups is 1. The molecule has 1 aromatic heterocycles. The van der Waals surface area contributed by atoms with Crippen LogP contribution in [0.15, 0.2) is 70.3 Å².